The molecule has 1 rings (SSSR count). The summed E-state index contributed by atoms with van der Waals surface area (Å²) in [7, 11) is -3.78. The number of rotatable bonds is 8. The lowest BCUT2D eigenvalue weighted by molar-refractivity contribution is 0.0580. The van der Waals surface area contributed by atoms with Gasteiger partial charge < -0.3 is 5.11 Å². The van der Waals surface area contributed by atoms with Crippen LogP contribution in [0.4, 0.5) is 0 Å². The first-order valence-corrected chi connectivity index (χ1v) is 11.1. The van der Waals surface area contributed by atoms with Crippen molar-refractivity contribution in [1.29, 1.82) is 0 Å². The maximum Gasteiger partial charge on any atom is 0.240 e. The highest BCUT2D eigenvalue weighted by Crippen LogP contribution is 2.35. The minimum absolute atomic E-state index is 0.0741. The molecule has 0 spiro atoms. The Morgan fingerprint density at radius 2 is 1.65 bits per heavy atom. The zero-order chi connectivity index (χ0) is 20.1. The monoisotopic (exact) mass is 443 g/mol. The normalized spacial score (nSPS) is 18.3. The minimum atomic E-state index is -3.78. The third-order valence-corrected chi connectivity index (χ3v) is 7.12. The van der Waals surface area contributed by atoms with E-state index in [-0.39, 0.29) is 10.8 Å². The van der Waals surface area contributed by atoms with E-state index in [0.29, 0.717) is 0 Å². The number of hydrogen-bond donors (Lipinski definition) is 2. The fourth-order valence-electron chi connectivity index (χ4n) is 2.94. The number of allylic oxidation sites excluding steroid dienone is 2. The van der Waals surface area contributed by atoms with Crippen LogP contribution in [0.5, 0.6) is 0 Å². The summed E-state index contributed by atoms with van der Waals surface area (Å²) < 4.78 is 29.5. The van der Waals surface area contributed by atoms with Crippen LogP contribution in [0.15, 0.2) is 56.9 Å². The summed E-state index contributed by atoms with van der Waals surface area (Å²) in [5, 5.41) is 11.6. The van der Waals surface area contributed by atoms with E-state index in [9.17, 15) is 13.5 Å². The lowest BCUT2D eigenvalue weighted by Crippen LogP contribution is -2.57. The van der Waals surface area contributed by atoms with E-state index in [4.69, 9.17) is 0 Å². The van der Waals surface area contributed by atoms with E-state index in [2.05, 4.69) is 20.7 Å². The lowest BCUT2D eigenvalue weighted by Gasteiger charge is -2.41. The first kappa shape index (κ1) is 23.1. The molecule has 0 saturated carbocycles. The Morgan fingerprint density at radius 1 is 1.19 bits per heavy atom. The standard InChI is InChI=1S/C20H30BrNO3S/c1-7-14(4)19(20(23,15(5)8-2)16(6)9-3)22-26(24,25)18-12-10-17(21)11-13-18/h8-14,19,22-23H,7H2,1-6H3/b15-8+,16-9+/t14-,19-/m0/s1. The smallest absolute Gasteiger partial charge is 0.240 e. The molecule has 2 N–H and O–H groups in total. The molecule has 1 aromatic rings. The summed E-state index contributed by atoms with van der Waals surface area (Å²) in [6.07, 6.45) is 4.39. The molecular formula is C20H30BrNO3S. The van der Waals surface area contributed by atoms with Gasteiger partial charge in [0.15, 0.2) is 0 Å². The van der Waals surface area contributed by atoms with Gasteiger partial charge >= 0.3 is 0 Å². The highest BCUT2D eigenvalue weighted by Gasteiger charge is 2.44. The summed E-state index contributed by atoms with van der Waals surface area (Å²) in [6.45, 7) is 11.3. The average Bonchev–Trinajstić information content (AvgIpc) is 2.63. The molecule has 26 heavy (non-hydrogen) atoms. The largest absolute Gasteiger partial charge is 0.379 e. The van der Waals surface area contributed by atoms with Crippen molar-refractivity contribution in [3.8, 4) is 0 Å². The molecule has 0 heterocycles. The van der Waals surface area contributed by atoms with Crippen LogP contribution in [0.2, 0.25) is 0 Å². The summed E-state index contributed by atoms with van der Waals surface area (Å²) in [5.74, 6) is -0.0741. The second kappa shape index (κ2) is 9.31. The molecule has 0 aliphatic heterocycles. The van der Waals surface area contributed by atoms with Crippen LogP contribution in [0.1, 0.15) is 48.0 Å². The van der Waals surface area contributed by atoms with Crippen LogP contribution in [-0.4, -0.2) is 25.2 Å². The van der Waals surface area contributed by atoms with Gasteiger partial charge in [0.25, 0.3) is 0 Å². The molecule has 0 aliphatic carbocycles. The van der Waals surface area contributed by atoms with Crippen molar-refractivity contribution in [1.82, 2.24) is 4.72 Å². The zero-order valence-electron chi connectivity index (χ0n) is 16.4. The number of halogens is 1. The predicted molar refractivity (Wildman–Crippen MR) is 112 cm³/mol. The number of benzene rings is 1. The molecular weight excluding hydrogens is 414 g/mol. The third kappa shape index (κ3) is 4.85. The summed E-state index contributed by atoms with van der Waals surface area (Å²) in [5.41, 5.74) is 0.0512. The molecule has 0 aliphatic rings. The topological polar surface area (TPSA) is 66.4 Å². The van der Waals surface area contributed by atoms with Gasteiger partial charge in [0.2, 0.25) is 10.0 Å². The van der Waals surface area contributed by atoms with Gasteiger partial charge in [-0.15, -0.1) is 0 Å². The fourth-order valence-corrected chi connectivity index (χ4v) is 4.57. The molecule has 0 unspecified atom stereocenters. The quantitative estimate of drug-likeness (QED) is 0.566. The minimum Gasteiger partial charge on any atom is -0.379 e. The first-order valence-electron chi connectivity index (χ1n) is 8.81. The molecule has 146 valence electrons. The molecule has 0 radical (unpaired) electrons. The van der Waals surface area contributed by atoms with Crippen molar-refractivity contribution in [2.24, 2.45) is 5.92 Å². The summed E-state index contributed by atoms with van der Waals surface area (Å²) in [6, 6.07) is 5.78. The summed E-state index contributed by atoms with van der Waals surface area (Å²) in [4.78, 5) is 0.174. The van der Waals surface area contributed by atoms with Gasteiger partial charge in [-0.1, -0.05) is 48.4 Å². The Balaban J connectivity index is 3.48. The van der Waals surface area contributed by atoms with Crippen LogP contribution < -0.4 is 4.72 Å². The second-order valence-electron chi connectivity index (χ2n) is 6.65. The van der Waals surface area contributed by atoms with Gasteiger partial charge in [-0.05, 0) is 69.0 Å². The van der Waals surface area contributed by atoms with Crippen molar-refractivity contribution in [2.45, 2.75) is 64.5 Å². The van der Waals surface area contributed by atoms with E-state index < -0.39 is 21.7 Å². The van der Waals surface area contributed by atoms with Crippen molar-refractivity contribution in [3.05, 3.63) is 52.0 Å². The van der Waals surface area contributed by atoms with Gasteiger partial charge in [0.05, 0.1) is 10.9 Å². The SMILES string of the molecule is C/C=C(\C)C(O)(/C(C)=C/C)[C@@H](NS(=O)(=O)c1ccc(Br)cc1)[C@@H](C)CC. The van der Waals surface area contributed by atoms with Gasteiger partial charge in [-0.2, -0.15) is 0 Å². The Morgan fingerprint density at radius 3 is 2.04 bits per heavy atom. The third-order valence-electron chi connectivity index (χ3n) is 5.14. The van der Waals surface area contributed by atoms with E-state index >= 15 is 0 Å². The van der Waals surface area contributed by atoms with Crippen molar-refractivity contribution in [3.63, 3.8) is 0 Å². The lowest BCUT2D eigenvalue weighted by atomic mass is 9.75. The van der Waals surface area contributed by atoms with Crippen LogP contribution in [0, 0.1) is 5.92 Å². The number of sulfonamides is 1. The van der Waals surface area contributed by atoms with Crippen LogP contribution in [-0.2, 0) is 10.0 Å². The van der Waals surface area contributed by atoms with Crippen LogP contribution in [0.3, 0.4) is 0 Å². The molecule has 0 aromatic heterocycles. The molecule has 6 heteroatoms. The van der Waals surface area contributed by atoms with E-state index in [1.54, 1.807) is 24.3 Å². The van der Waals surface area contributed by atoms with E-state index in [1.165, 1.54) is 0 Å². The fraction of sp³-hybridized carbons (Fsp3) is 0.500. The van der Waals surface area contributed by atoms with Crippen molar-refractivity contribution >= 4 is 26.0 Å². The maximum atomic E-state index is 13.0. The van der Waals surface area contributed by atoms with Gasteiger partial charge in [-0.25, -0.2) is 13.1 Å². The van der Waals surface area contributed by atoms with Crippen LogP contribution in [0.25, 0.3) is 0 Å². The maximum absolute atomic E-state index is 13.0. The van der Waals surface area contributed by atoms with Crippen molar-refractivity contribution in [2.75, 3.05) is 0 Å². The van der Waals surface area contributed by atoms with E-state index in [0.717, 1.165) is 22.0 Å². The second-order valence-corrected chi connectivity index (χ2v) is 9.28. The first-order chi connectivity index (χ1) is 12.0. The zero-order valence-corrected chi connectivity index (χ0v) is 18.8. The van der Waals surface area contributed by atoms with Crippen molar-refractivity contribution < 1.29 is 13.5 Å². The molecule has 1 aromatic carbocycles. The number of nitrogens with one attached hydrogen (secondary N) is 1. The Hall–Kier alpha value is -0.950. The highest BCUT2D eigenvalue weighted by atomic mass is 79.9. The molecule has 0 saturated heterocycles. The average molecular weight is 444 g/mol. The number of hydrogen-bond acceptors (Lipinski definition) is 3. The predicted octanol–water partition coefficient (Wildman–Crippen LogP) is 4.81. The Labute approximate surface area is 166 Å². The Bertz CT molecular complexity index is 749. The molecule has 4 nitrogen and oxygen atoms in total. The highest BCUT2D eigenvalue weighted by molar-refractivity contribution is 9.10. The summed E-state index contributed by atoms with van der Waals surface area (Å²) >= 11 is 3.32. The van der Waals surface area contributed by atoms with Crippen LogP contribution >= 0.6 is 15.9 Å². The molecule has 0 amide bonds. The van der Waals surface area contributed by atoms with Gasteiger partial charge in [0.1, 0.15) is 5.60 Å². The van der Waals surface area contributed by atoms with Gasteiger partial charge in [-0.3, -0.25) is 0 Å². The molecule has 0 bridgehead atoms. The Kier molecular flexibility index (Phi) is 8.27. The number of aliphatic hydroxyl groups is 1. The van der Waals surface area contributed by atoms with E-state index in [1.807, 2.05) is 53.7 Å². The molecule has 0 fully saturated rings. The van der Waals surface area contributed by atoms with Gasteiger partial charge in [0, 0.05) is 4.47 Å². The molecule has 2 atom stereocenters.